The number of hydrogen-bond donors (Lipinski definition) is 1. The van der Waals surface area contributed by atoms with Crippen LogP contribution in [0.4, 0.5) is 4.39 Å². The topological polar surface area (TPSA) is 63.8 Å². The van der Waals surface area contributed by atoms with Crippen molar-refractivity contribution >= 4 is 11.8 Å². The molecule has 0 bridgehead atoms. The van der Waals surface area contributed by atoms with Gasteiger partial charge in [0.25, 0.3) is 0 Å². The van der Waals surface area contributed by atoms with Gasteiger partial charge in [0.05, 0.1) is 12.1 Å². The van der Waals surface area contributed by atoms with E-state index in [1.807, 2.05) is 0 Å². The fourth-order valence-electron chi connectivity index (χ4n) is 1.91. The van der Waals surface area contributed by atoms with Gasteiger partial charge in [0.15, 0.2) is 0 Å². The molecule has 100 valence electrons. The zero-order valence-electron chi connectivity index (χ0n) is 10.3. The van der Waals surface area contributed by atoms with Gasteiger partial charge in [-0.15, -0.1) is 5.10 Å². The van der Waals surface area contributed by atoms with Gasteiger partial charge in [0.1, 0.15) is 5.82 Å². The Labute approximate surface area is 113 Å². The van der Waals surface area contributed by atoms with E-state index in [-0.39, 0.29) is 5.56 Å². The van der Waals surface area contributed by atoms with Crippen molar-refractivity contribution in [3.8, 4) is 0 Å². The molecular weight excluding hydrogens is 267 g/mol. The number of hydrogen-bond acceptors (Lipinski definition) is 5. The second-order valence-electron chi connectivity index (χ2n) is 4.57. The molecule has 19 heavy (non-hydrogen) atoms. The van der Waals surface area contributed by atoms with E-state index in [9.17, 15) is 9.50 Å². The second kappa shape index (κ2) is 4.90. The van der Waals surface area contributed by atoms with Crippen LogP contribution in [0.25, 0.3) is 0 Å². The predicted molar refractivity (Wildman–Crippen MR) is 67.2 cm³/mol. The highest BCUT2D eigenvalue weighted by Crippen LogP contribution is 2.39. The van der Waals surface area contributed by atoms with Crippen LogP contribution in [0.15, 0.2) is 28.3 Å². The first-order chi connectivity index (χ1) is 9.16. The molecule has 1 atom stereocenters. The van der Waals surface area contributed by atoms with Crippen LogP contribution in [0.5, 0.6) is 0 Å². The lowest BCUT2D eigenvalue weighted by Gasteiger charge is -2.12. The highest BCUT2D eigenvalue weighted by molar-refractivity contribution is 7.99. The first-order valence-electron chi connectivity index (χ1n) is 6.09. The molecular formula is C12H13FN4OS. The molecule has 1 aromatic carbocycles. The molecule has 5 nitrogen and oxygen atoms in total. The third kappa shape index (κ3) is 2.48. The Balaban J connectivity index is 1.94. The first kappa shape index (κ1) is 12.6. The number of nitrogens with zero attached hydrogens (tertiary/aromatic N) is 4. The smallest absolute Gasteiger partial charge is 0.214 e. The number of aliphatic hydroxyl groups excluding tert-OH is 1. The maximum atomic E-state index is 13.8. The van der Waals surface area contributed by atoms with Crippen LogP contribution in [-0.4, -0.2) is 25.3 Å². The minimum Gasteiger partial charge on any atom is -0.389 e. The molecule has 1 saturated carbocycles. The molecule has 1 heterocycles. The summed E-state index contributed by atoms with van der Waals surface area (Å²) in [4.78, 5) is 0.645. The average molecular weight is 280 g/mol. The molecule has 1 aliphatic rings. The maximum absolute atomic E-state index is 13.8. The summed E-state index contributed by atoms with van der Waals surface area (Å²) in [6, 6.07) is 5.09. The van der Waals surface area contributed by atoms with E-state index in [1.165, 1.54) is 17.8 Å². The van der Waals surface area contributed by atoms with Crippen LogP contribution in [0.1, 0.15) is 37.5 Å². The van der Waals surface area contributed by atoms with Crippen molar-refractivity contribution in [2.75, 3.05) is 0 Å². The van der Waals surface area contributed by atoms with Gasteiger partial charge in [-0.1, -0.05) is 6.07 Å². The molecule has 1 aliphatic carbocycles. The molecule has 0 spiro atoms. The van der Waals surface area contributed by atoms with E-state index in [0.717, 1.165) is 12.8 Å². The average Bonchev–Trinajstić information content (AvgIpc) is 3.10. The van der Waals surface area contributed by atoms with Crippen LogP contribution in [0.2, 0.25) is 0 Å². The van der Waals surface area contributed by atoms with Gasteiger partial charge < -0.3 is 5.11 Å². The Morgan fingerprint density at radius 1 is 1.47 bits per heavy atom. The van der Waals surface area contributed by atoms with Gasteiger partial charge in [-0.2, -0.15) is 0 Å². The normalized spacial score (nSPS) is 16.6. The maximum Gasteiger partial charge on any atom is 0.214 e. The molecule has 1 aromatic heterocycles. The van der Waals surface area contributed by atoms with E-state index >= 15 is 0 Å². The molecule has 2 aromatic rings. The Hall–Kier alpha value is -1.47. The van der Waals surface area contributed by atoms with Crippen LogP contribution < -0.4 is 0 Å². The summed E-state index contributed by atoms with van der Waals surface area (Å²) in [5.74, 6) is -0.412. The Bertz CT molecular complexity index is 597. The third-order valence-corrected chi connectivity index (χ3v) is 4.01. The number of tetrazole rings is 1. The molecule has 7 heteroatoms. The third-order valence-electron chi connectivity index (χ3n) is 2.99. The van der Waals surface area contributed by atoms with Gasteiger partial charge in [-0.3, -0.25) is 0 Å². The highest BCUT2D eigenvalue weighted by atomic mass is 32.2. The number of benzene rings is 1. The summed E-state index contributed by atoms with van der Waals surface area (Å²) in [7, 11) is 0. The fourth-order valence-corrected chi connectivity index (χ4v) is 2.99. The summed E-state index contributed by atoms with van der Waals surface area (Å²) in [6.45, 7) is 1.55. The molecule has 0 amide bonds. The van der Waals surface area contributed by atoms with Gasteiger partial charge in [-0.25, -0.2) is 9.07 Å². The molecule has 1 fully saturated rings. The van der Waals surface area contributed by atoms with E-state index in [2.05, 4.69) is 15.5 Å². The van der Waals surface area contributed by atoms with Gasteiger partial charge in [-0.05, 0) is 54.1 Å². The Morgan fingerprint density at radius 3 is 2.95 bits per heavy atom. The van der Waals surface area contributed by atoms with Gasteiger partial charge in [0, 0.05) is 10.5 Å². The van der Waals surface area contributed by atoms with Crippen LogP contribution >= 0.6 is 11.8 Å². The molecule has 0 saturated heterocycles. The minimum absolute atomic E-state index is 0.290. The highest BCUT2D eigenvalue weighted by Gasteiger charge is 2.28. The second-order valence-corrected chi connectivity index (χ2v) is 5.58. The van der Waals surface area contributed by atoms with E-state index in [4.69, 9.17) is 0 Å². The predicted octanol–water partition coefficient (Wildman–Crippen LogP) is 2.35. The number of aliphatic hydroxyl groups is 1. The van der Waals surface area contributed by atoms with Crippen molar-refractivity contribution in [3.63, 3.8) is 0 Å². The fraction of sp³-hybridized carbons (Fsp3) is 0.417. The lowest BCUT2D eigenvalue weighted by Crippen LogP contribution is -2.01. The van der Waals surface area contributed by atoms with Gasteiger partial charge in [0.2, 0.25) is 5.16 Å². The first-order valence-corrected chi connectivity index (χ1v) is 6.90. The molecule has 3 rings (SSSR count). The summed E-state index contributed by atoms with van der Waals surface area (Å²) in [6.07, 6.45) is 1.28. The van der Waals surface area contributed by atoms with Crippen LogP contribution in [-0.2, 0) is 0 Å². The SMILES string of the molecule is C[C@H](O)c1c(F)cccc1Sc1nnnn1C1CC1. The Morgan fingerprint density at radius 2 is 2.26 bits per heavy atom. The van der Waals surface area contributed by atoms with Crippen LogP contribution in [0, 0.1) is 5.82 Å². The lowest BCUT2D eigenvalue weighted by molar-refractivity contribution is 0.191. The summed E-state index contributed by atoms with van der Waals surface area (Å²) >= 11 is 1.29. The largest absolute Gasteiger partial charge is 0.389 e. The summed E-state index contributed by atoms with van der Waals surface area (Å²) < 4.78 is 15.5. The minimum atomic E-state index is -0.867. The van der Waals surface area contributed by atoms with Crippen molar-refractivity contribution in [2.24, 2.45) is 0 Å². The quantitative estimate of drug-likeness (QED) is 0.931. The molecule has 0 unspecified atom stereocenters. The summed E-state index contributed by atoms with van der Waals surface area (Å²) in [5.41, 5.74) is 0.290. The van der Waals surface area contributed by atoms with Crippen molar-refractivity contribution in [1.29, 1.82) is 0 Å². The monoisotopic (exact) mass is 280 g/mol. The van der Waals surface area contributed by atoms with Crippen molar-refractivity contribution in [3.05, 3.63) is 29.6 Å². The molecule has 0 aliphatic heterocycles. The van der Waals surface area contributed by atoms with Crippen molar-refractivity contribution in [1.82, 2.24) is 20.2 Å². The lowest BCUT2D eigenvalue weighted by atomic mass is 10.1. The van der Waals surface area contributed by atoms with Crippen molar-refractivity contribution < 1.29 is 9.50 Å². The number of aromatic nitrogens is 4. The van der Waals surface area contributed by atoms with Crippen LogP contribution in [0.3, 0.4) is 0 Å². The molecule has 0 radical (unpaired) electrons. The number of halogens is 1. The zero-order valence-corrected chi connectivity index (χ0v) is 11.1. The summed E-state index contributed by atoms with van der Waals surface area (Å²) in [5, 5.41) is 21.9. The van der Waals surface area contributed by atoms with Crippen molar-refractivity contribution in [2.45, 2.75) is 42.0 Å². The Kier molecular flexibility index (Phi) is 3.24. The van der Waals surface area contributed by atoms with E-state index in [1.54, 1.807) is 23.7 Å². The zero-order chi connectivity index (χ0) is 13.4. The van der Waals surface area contributed by atoms with Gasteiger partial charge >= 0.3 is 0 Å². The number of rotatable bonds is 4. The molecule has 1 N–H and O–H groups in total. The van der Waals surface area contributed by atoms with E-state index < -0.39 is 11.9 Å². The standard InChI is InChI=1S/C12H13FN4OS/c1-7(18)11-9(13)3-2-4-10(11)19-12-14-15-16-17(12)8-5-6-8/h2-4,7-8,18H,5-6H2,1H3/t7-/m0/s1. The van der Waals surface area contributed by atoms with E-state index in [0.29, 0.717) is 16.1 Å².